The summed E-state index contributed by atoms with van der Waals surface area (Å²) in [6.07, 6.45) is 2.01. The van der Waals surface area contributed by atoms with Gasteiger partial charge in [-0.25, -0.2) is 0 Å². The molecule has 0 unspecified atom stereocenters. The quantitative estimate of drug-likeness (QED) is 0.918. The monoisotopic (exact) mass is 289 g/mol. The van der Waals surface area contributed by atoms with Gasteiger partial charge in [-0.15, -0.1) is 0 Å². The lowest BCUT2D eigenvalue weighted by Gasteiger charge is -2.34. The molecule has 2 fully saturated rings. The zero-order valence-corrected chi connectivity index (χ0v) is 12.8. The summed E-state index contributed by atoms with van der Waals surface area (Å²) in [6, 6.07) is 6.04. The van der Waals surface area contributed by atoms with Gasteiger partial charge in [0.1, 0.15) is 5.75 Å². The second-order valence-corrected chi connectivity index (χ2v) is 5.94. The van der Waals surface area contributed by atoms with Crippen LogP contribution in [0.15, 0.2) is 18.2 Å². The average Bonchev–Trinajstić information content (AvgIpc) is 3.32. The first-order valence-electron chi connectivity index (χ1n) is 7.60. The van der Waals surface area contributed by atoms with Crippen LogP contribution >= 0.6 is 0 Å². The topological polar surface area (TPSA) is 44.8 Å². The number of nitrogens with zero attached hydrogens (tertiary/aromatic N) is 2. The standard InChI is InChI=1S/C16H23N3O2/c1-18-7-9-19(10-8-18)13-5-6-15(21-2)14(11-13)17-16(20)12-3-4-12/h5-6,11-12H,3-4,7-10H2,1-2H3,(H,17,20). The summed E-state index contributed by atoms with van der Waals surface area (Å²) in [4.78, 5) is 16.7. The molecule has 5 nitrogen and oxygen atoms in total. The normalized spacial score (nSPS) is 19.4. The van der Waals surface area contributed by atoms with Crippen LogP contribution in [-0.2, 0) is 4.79 Å². The van der Waals surface area contributed by atoms with E-state index in [1.165, 1.54) is 0 Å². The molecule has 21 heavy (non-hydrogen) atoms. The Bertz CT molecular complexity index is 520. The summed E-state index contributed by atoms with van der Waals surface area (Å²) in [5, 5.41) is 3.01. The van der Waals surface area contributed by atoms with Crippen molar-refractivity contribution in [1.29, 1.82) is 0 Å². The molecule has 1 N–H and O–H groups in total. The van der Waals surface area contributed by atoms with Crippen molar-refractivity contribution in [2.24, 2.45) is 5.92 Å². The molecule has 0 radical (unpaired) electrons. The molecule has 1 aromatic carbocycles. The predicted octanol–water partition coefficient (Wildman–Crippen LogP) is 1.80. The molecule has 1 saturated heterocycles. The van der Waals surface area contributed by atoms with Gasteiger partial charge in [-0.1, -0.05) is 0 Å². The number of hydrogen-bond acceptors (Lipinski definition) is 4. The van der Waals surface area contributed by atoms with Crippen molar-refractivity contribution in [3.05, 3.63) is 18.2 Å². The maximum atomic E-state index is 12.0. The van der Waals surface area contributed by atoms with E-state index in [-0.39, 0.29) is 11.8 Å². The highest BCUT2D eigenvalue weighted by Gasteiger charge is 2.30. The van der Waals surface area contributed by atoms with E-state index >= 15 is 0 Å². The van der Waals surface area contributed by atoms with Crippen molar-refractivity contribution in [2.75, 3.05) is 50.6 Å². The first-order valence-corrected chi connectivity index (χ1v) is 7.60. The molecule has 0 bridgehead atoms. The van der Waals surface area contributed by atoms with Crippen molar-refractivity contribution in [2.45, 2.75) is 12.8 Å². The lowest BCUT2D eigenvalue weighted by molar-refractivity contribution is -0.117. The molecular formula is C16H23N3O2. The van der Waals surface area contributed by atoms with E-state index in [9.17, 15) is 4.79 Å². The summed E-state index contributed by atoms with van der Waals surface area (Å²) in [5.74, 6) is 1.03. The number of hydrogen-bond donors (Lipinski definition) is 1. The van der Waals surface area contributed by atoms with Crippen LogP contribution in [0.5, 0.6) is 5.75 Å². The van der Waals surface area contributed by atoms with Gasteiger partial charge in [0.2, 0.25) is 5.91 Å². The summed E-state index contributed by atoms with van der Waals surface area (Å²) in [6.45, 7) is 4.16. The molecule has 5 heteroatoms. The van der Waals surface area contributed by atoms with E-state index in [0.717, 1.165) is 56.1 Å². The first-order chi connectivity index (χ1) is 10.2. The van der Waals surface area contributed by atoms with Gasteiger partial charge in [-0.05, 0) is 38.1 Å². The first kappa shape index (κ1) is 14.2. The number of amides is 1. The number of carbonyl (C=O) groups excluding carboxylic acids is 1. The number of anilines is 2. The van der Waals surface area contributed by atoms with Gasteiger partial charge in [0.05, 0.1) is 12.8 Å². The SMILES string of the molecule is COc1ccc(N2CCN(C)CC2)cc1NC(=O)C1CC1. The lowest BCUT2D eigenvalue weighted by Crippen LogP contribution is -2.44. The molecule has 0 spiro atoms. The molecule has 1 aliphatic carbocycles. The van der Waals surface area contributed by atoms with Crippen LogP contribution in [0.3, 0.4) is 0 Å². The summed E-state index contributed by atoms with van der Waals surface area (Å²) >= 11 is 0. The number of nitrogens with one attached hydrogen (secondary N) is 1. The number of likely N-dealkylation sites (N-methyl/N-ethyl adjacent to an activating group) is 1. The minimum atomic E-state index is 0.115. The van der Waals surface area contributed by atoms with Gasteiger partial charge >= 0.3 is 0 Å². The summed E-state index contributed by atoms with van der Waals surface area (Å²) in [5.41, 5.74) is 1.93. The average molecular weight is 289 g/mol. The fraction of sp³-hybridized carbons (Fsp3) is 0.562. The Labute approximate surface area is 125 Å². The van der Waals surface area contributed by atoms with Crippen LogP contribution in [0.2, 0.25) is 0 Å². The second kappa shape index (κ2) is 5.93. The zero-order valence-electron chi connectivity index (χ0n) is 12.8. The maximum absolute atomic E-state index is 12.0. The van der Waals surface area contributed by atoms with Crippen molar-refractivity contribution in [3.8, 4) is 5.75 Å². The molecule has 114 valence electrons. The highest BCUT2D eigenvalue weighted by molar-refractivity contribution is 5.95. The van der Waals surface area contributed by atoms with E-state index < -0.39 is 0 Å². The maximum Gasteiger partial charge on any atom is 0.227 e. The van der Waals surface area contributed by atoms with Gasteiger partial charge in [-0.3, -0.25) is 4.79 Å². The van der Waals surface area contributed by atoms with E-state index in [0.29, 0.717) is 0 Å². The van der Waals surface area contributed by atoms with E-state index in [1.807, 2.05) is 12.1 Å². The van der Waals surface area contributed by atoms with Gasteiger partial charge in [-0.2, -0.15) is 0 Å². The van der Waals surface area contributed by atoms with Crippen molar-refractivity contribution in [1.82, 2.24) is 4.90 Å². The van der Waals surface area contributed by atoms with Gasteiger partial charge in [0, 0.05) is 37.8 Å². The highest BCUT2D eigenvalue weighted by atomic mass is 16.5. The number of benzene rings is 1. The van der Waals surface area contributed by atoms with Crippen LogP contribution in [0.4, 0.5) is 11.4 Å². The highest BCUT2D eigenvalue weighted by Crippen LogP contribution is 2.34. The van der Waals surface area contributed by atoms with Gasteiger partial charge in [0.25, 0.3) is 0 Å². The van der Waals surface area contributed by atoms with Crippen LogP contribution in [0.25, 0.3) is 0 Å². The largest absolute Gasteiger partial charge is 0.495 e. The van der Waals surface area contributed by atoms with Crippen LogP contribution < -0.4 is 15.0 Å². The summed E-state index contributed by atoms with van der Waals surface area (Å²) < 4.78 is 5.36. The Hall–Kier alpha value is -1.75. The third-order valence-corrected chi connectivity index (χ3v) is 4.26. The van der Waals surface area contributed by atoms with Crippen LogP contribution in [-0.4, -0.2) is 51.1 Å². The van der Waals surface area contributed by atoms with Crippen molar-refractivity contribution >= 4 is 17.3 Å². The minimum Gasteiger partial charge on any atom is -0.495 e. The molecule has 0 atom stereocenters. The molecule has 1 aromatic rings. The van der Waals surface area contributed by atoms with Crippen LogP contribution in [0.1, 0.15) is 12.8 Å². The second-order valence-electron chi connectivity index (χ2n) is 5.94. The fourth-order valence-corrected chi connectivity index (χ4v) is 2.64. The van der Waals surface area contributed by atoms with E-state index in [2.05, 4.69) is 28.2 Å². The molecule has 1 amide bonds. The molecule has 1 heterocycles. The zero-order chi connectivity index (χ0) is 14.8. The van der Waals surface area contributed by atoms with Crippen molar-refractivity contribution < 1.29 is 9.53 Å². The number of piperazine rings is 1. The number of ether oxygens (including phenoxy) is 1. The third-order valence-electron chi connectivity index (χ3n) is 4.26. The molecule has 1 saturated carbocycles. The molecular weight excluding hydrogens is 266 g/mol. The Morgan fingerprint density at radius 1 is 1.24 bits per heavy atom. The molecule has 3 rings (SSSR count). The van der Waals surface area contributed by atoms with Crippen LogP contribution in [0, 0.1) is 5.92 Å². The number of carbonyl (C=O) groups is 1. The number of methoxy groups -OCH3 is 1. The van der Waals surface area contributed by atoms with Gasteiger partial charge in [0.15, 0.2) is 0 Å². The summed E-state index contributed by atoms with van der Waals surface area (Å²) in [7, 11) is 3.78. The van der Waals surface area contributed by atoms with E-state index in [4.69, 9.17) is 4.74 Å². The Morgan fingerprint density at radius 3 is 2.57 bits per heavy atom. The van der Waals surface area contributed by atoms with Gasteiger partial charge < -0.3 is 19.9 Å². The lowest BCUT2D eigenvalue weighted by atomic mass is 10.2. The molecule has 0 aromatic heterocycles. The van der Waals surface area contributed by atoms with Crippen molar-refractivity contribution in [3.63, 3.8) is 0 Å². The minimum absolute atomic E-state index is 0.115. The smallest absolute Gasteiger partial charge is 0.227 e. The molecule has 1 aliphatic heterocycles. The fourth-order valence-electron chi connectivity index (χ4n) is 2.64. The molecule has 2 aliphatic rings. The third kappa shape index (κ3) is 3.29. The predicted molar refractivity (Wildman–Crippen MR) is 84.1 cm³/mol. The van der Waals surface area contributed by atoms with E-state index in [1.54, 1.807) is 7.11 Å². The Morgan fingerprint density at radius 2 is 1.95 bits per heavy atom. The number of rotatable bonds is 4. The Balaban J connectivity index is 1.77. The Kier molecular flexibility index (Phi) is 4.01.